The first-order valence-electron chi connectivity index (χ1n) is 8.45. The van der Waals surface area contributed by atoms with Gasteiger partial charge in [-0.05, 0) is 39.8 Å². The summed E-state index contributed by atoms with van der Waals surface area (Å²) in [7, 11) is 0. The molecule has 24 heavy (non-hydrogen) atoms. The van der Waals surface area contributed by atoms with Crippen LogP contribution in [0, 0.1) is 6.92 Å². The van der Waals surface area contributed by atoms with Gasteiger partial charge in [-0.3, -0.25) is 4.79 Å². The van der Waals surface area contributed by atoms with Crippen molar-refractivity contribution >= 4 is 17.7 Å². The Bertz CT molecular complexity index is 614. The molecule has 1 saturated heterocycles. The number of ketones is 1. The van der Waals surface area contributed by atoms with Crippen LogP contribution in [0.15, 0.2) is 12.1 Å². The second-order valence-corrected chi connectivity index (χ2v) is 7.03. The van der Waals surface area contributed by atoms with Crippen molar-refractivity contribution in [2.24, 2.45) is 0 Å². The Morgan fingerprint density at radius 1 is 1.17 bits per heavy atom. The van der Waals surface area contributed by atoms with Crippen molar-refractivity contribution in [1.29, 1.82) is 0 Å². The third-order valence-corrected chi connectivity index (χ3v) is 3.95. The van der Waals surface area contributed by atoms with Crippen LogP contribution in [0.2, 0.25) is 0 Å². The number of piperazine rings is 1. The van der Waals surface area contributed by atoms with Gasteiger partial charge in [0.2, 0.25) is 0 Å². The highest BCUT2D eigenvalue weighted by atomic mass is 16.6. The van der Waals surface area contributed by atoms with Gasteiger partial charge in [0.15, 0.2) is 5.78 Å². The zero-order valence-corrected chi connectivity index (χ0v) is 15.3. The minimum absolute atomic E-state index is 0.112. The molecule has 1 aromatic rings. The summed E-state index contributed by atoms with van der Waals surface area (Å²) in [6.07, 6.45) is 0.214. The Morgan fingerprint density at radius 2 is 1.79 bits per heavy atom. The van der Waals surface area contributed by atoms with E-state index in [0.717, 1.165) is 11.5 Å². The van der Waals surface area contributed by atoms with E-state index in [2.05, 4.69) is 9.88 Å². The molecule has 0 unspecified atom stereocenters. The van der Waals surface area contributed by atoms with Crippen molar-refractivity contribution < 1.29 is 14.3 Å². The number of hydrogen-bond acceptors (Lipinski definition) is 5. The highest BCUT2D eigenvalue weighted by molar-refractivity contribution is 5.97. The maximum Gasteiger partial charge on any atom is 0.410 e. The molecule has 0 atom stereocenters. The van der Waals surface area contributed by atoms with Gasteiger partial charge < -0.3 is 14.5 Å². The second kappa shape index (κ2) is 7.20. The first kappa shape index (κ1) is 18.2. The smallest absolute Gasteiger partial charge is 0.410 e. The molecule has 6 nitrogen and oxygen atoms in total. The number of amides is 1. The normalized spacial score (nSPS) is 15.4. The standard InChI is InChI=1S/C18H27N3O3/c1-6-15(22)14-7-8-16(19-13(14)2)20-9-11-21(12-10-20)17(23)24-18(3,4)5/h7-8H,6,9-12H2,1-5H3. The number of carbonyl (C=O) groups excluding carboxylic acids is 2. The molecule has 1 amide bonds. The van der Waals surface area contributed by atoms with Crippen molar-refractivity contribution in [2.45, 2.75) is 46.6 Å². The van der Waals surface area contributed by atoms with Gasteiger partial charge >= 0.3 is 6.09 Å². The van der Waals surface area contributed by atoms with Crippen molar-refractivity contribution in [2.75, 3.05) is 31.1 Å². The summed E-state index contributed by atoms with van der Waals surface area (Å²) in [6, 6.07) is 3.74. The van der Waals surface area contributed by atoms with E-state index in [-0.39, 0.29) is 11.9 Å². The zero-order valence-electron chi connectivity index (χ0n) is 15.3. The summed E-state index contributed by atoms with van der Waals surface area (Å²) in [5, 5.41) is 0. The van der Waals surface area contributed by atoms with Gasteiger partial charge in [-0.2, -0.15) is 0 Å². The Hall–Kier alpha value is -2.11. The Labute approximate surface area is 143 Å². The molecule has 0 aliphatic carbocycles. The molecule has 2 heterocycles. The molecule has 0 N–H and O–H groups in total. The number of aromatic nitrogens is 1. The van der Waals surface area contributed by atoms with Gasteiger partial charge in [0.1, 0.15) is 11.4 Å². The lowest BCUT2D eigenvalue weighted by atomic mass is 10.1. The number of rotatable bonds is 3. The van der Waals surface area contributed by atoms with Gasteiger partial charge in [-0.15, -0.1) is 0 Å². The number of carbonyl (C=O) groups is 2. The van der Waals surface area contributed by atoms with Gasteiger partial charge in [-0.1, -0.05) is 6.92 Å². The number of nitrogens with zero attached hydrogens (tertiary/aromatic N) is 3. The molecular formula is C18H27N3O3. The molecule has 0 saturated carbocycles. The largest absolute Gasteiger partial charge is 0.444 e. The lowest BCUT2D eigenvalue weighted by Gasteiger charge is -2.36. The number of aryl methyl sites for hydroxylation is 1. The van der Waals surface area contributed by atoms with Crippen LogP contribution in [0.1, 0.15) is 50.2 Å². The summed E-state index contributed by atoms with van der Waals surface area (Å²) >= 11 is 0. The number of Topliss-reactive ketones (excluding diaryl/α,β-unsaturated/α-hetero) is 1. The summed E-state index contributed by atoms with van der Waals surface area (Å²) < 4.78 is 5.41. The van der Waals surface area contributed by atoms with Crippen molar-refractivity contribution in [3.8, 4) is 0 Å². The lowest BCUT2D eigenvalue weighted by molar-refractivity contribution is 0.0240. The molecule has 2 rings (SSSR count). The van der Waals surface area contributed by atoms with Gasteiger partial charge in [-0.25, -0.2) is 9.78 Å². The summed E-state index contributed by atoms with van der Waals surface area (Å²) in [4.78, 5) is 32.4. The maximum atomic E-state index is 12.1. The Balaban J connectivity index is 1.98. The molecule has 0 radical (unpaired) electrons. The van der Waals surface area contributed by atoms with Crippen LogP contribution in [-0.2, 0) is 4.74 Å². The topological polar surface area (TPSA) is 62.7 Å². The van der Waals surface area contributed by atoms with Gasteiger partial charge in [0, 0.05) is 38.2 Å². The Morgan fingerprint density at radius 3 is 2.29 bits per heavy atom. The molecule has 0 spiro atoms. The molecule has 132 valence electrons. The minimum atomic E-state index is -0.478. The molecule has 0 aromatic carbocycles. The van der Waals surface area contributed by atoms with Crippen LogP contribution >= 0.6 is 0 Å². The Kier molecular flexibility index (Phi) is 5.47. The molecular weight excluding hydrogens is 306 g/mol. The fourth-order valence-electron chi connectivity index (χ4n) is 2.65. The fraction of sp³-hybridized carbons (Fsp3) is 0.611. The highest BCUT2D eigenvalue weighted by Gasteiger charge is 2.26. The quantitative estimate of drug-likeness (QED) is 0.796. The van der Waals surface area contributed by atoms with Gasteiger partial charge in [0.25, 0.3) is 0 Å². The number of hydrogen-bond donors (Lipinski definition) is 0. The van der Waals surface area contributed by atoms with Gasteiger partial charge in [0.05, 0.1) is 5.69 Å². The third kappa shape index (κ3) is 4.46. The van der Waals surface area contributed by atoms with E-state index in [4.69, 9.17) is 4.74 Å². The van der Waals surface area contributed by atoms with Crippen LogP contribution in [0.5, 0.6) is 0 Å². The maximum absolute atomic E-state index is 12.1. The van der Waals surface area contributed by atoms with E-state index in [9.17, 15) is 9.59 Å². The first-order chi connectivity index (χ1) is 11.2. The second-order valence-electron chi connectivity index (χ2n) is 7.03. The van der Waals surface area contributed by atoms with Crippen molar-refractivity contribution in [3.63, 3.8) is 0 Å². The van der Waals surface area contributed by atoms with E-state index in [1.165, 1.54) is 0 Å². The van der Waals surface area contributed by atoms with Crippen LogP contribution < -0.4 is 4.90 Å². The number of ether oxygens (including phenoxy) is 1. The van der Waals surface area contributed by atoms with Crippen LogP contribution in [0.25, 0.3) is 0 Å². The summed E-state index contributed by atoms with van der Waals surface area (Å²) in [5.74, 6) is 0.963. The van der Waals surface area contributed by atoms with Crippen molar-refractivity contribution in [3.05, 3.63) is 23.4 Å². The third-order valence-electron chi connectivity index (χ3n) is 3.95. The molecule has 0 bridgehead atoms. The van der Waals surface area contributed by atoms with Crippen molar-refractivity contribution in [1.82, 2.24) is 9.88 Å². The number of pyridine rings is 1. The monoisotopic (exact) mass is 333 g/mol. The molecule has 6 heteroatoms. The zero-order chi connectivity index (χ0) is 17.9. The fourth-order valence-corrected chi connectivity index (χ4v) is 2.65. The van der Waals surface area contributed by atoms with Crippen LogP contribution in [0.3, 0.4) is 0 Å². The van der Waals surface area contributed by atoms with E-state index in [1.807, 2.05) is 46.8 Å². The van der Waals surface area contributed by atoms with E-state index < -0.39 is 5.60 Å². The van der Waals surface area contributed by atoms with E-state index in [1.54, 1.807) is 4.90 Å². The lowest BCUT2D eigenvalue weighted by Crippen LogP contribution is -2.50. The number of anilines is 1. The highest BCUT2D eigenvalue weighted by Crippen LogP contribution is 2.19. The SMILES string of the molecule is CCC(=O)c1ccc(N2CCN(C(=O)OC(C)(C)C)CC2)nc1C. The summed E-state index contributed by atoms with van der Waals surface area (Å²) in [5.41, 5.74) is 0.969. The van der Waals surface area contributed by atoms with Crippen LogP contribution in [0.4, 0.5) is 10.6 Å². The molecule has 1 aliphatic heterocycles. The van der Waals surface area contributed by atoms with E-state index >= 15 is 0 Å². The summed E-state index contributed by atoms with van der Waals surface area (Å²) in [6.45, 7) is 11.9. The van der Waals surface area contributed by atoms with Crippen LogP contribution in [-0.4, -0.2) is 53.5 Å². The first-order valence-corrected chi connectivity index (χ1v) is 8.45. The van der Waals surface area contributed by atoms with E-state index in [0.29, 0.717) is 38.2 Å². The predicted octanol–water partition coefficient (Wildman–Crippen LogP) is 3.04. The predicted molar refractivity (Wildman–Crippen MR) is 93.6 cm³/mol. The minimum Gasteiger partial charge on any atom is -0.444 e. The molecule has 1 aromatic heterocycles. The molecule has 1 fully saturated rings. The molecule has 1 aliphatic rings. The average Bonchev–Trinajstić information content (AvgIpc) is 2.52. The average molecular weight is 333 g/mol.